The molecule has 3 aliphatic rings. The van der Waals surface area contributed by atoms with Gasteiger partial charge in [0.15, 0.2) is 4.33 Å². The molecule has 1 saturated heterocycles. The largest absolute Gasteiger partial charge is 0.274 e. The van der Waals surface area contributed by atoms with Crippen molar-refractivity contribution in [2.24, 2.45) is 11.8 Å². The Hall–Kier alpha value is -0.670. The Morgan fingerprint density at radius 3 is 1.85 bits per heavy atom. The predicted octanol–water partition coefficient (Wildman–Crippen LogP) is 4.51. The van der Waals surface area contributed by atoms with Crippen LogP contribution in [0, 0.1) is 23.2 Å². The minimum atomic E-state index is -1.97. The molecule has 10 heteroatoms. The van der Waals surface area contributed by atoms with Crippen molar-refractivity contribution in [1.82, 2.24) is 0 Å². The molecule has 0 N–H and O–H groups in total. The molecule has 2 amide bonds. The molecule has 0 radical (unpaired) electrons. The Morgan fingerprint density at radius 1 is 0.923 bits per heavy atom. The van der Waals surface area contributed by atoms with Crippen molar-refractivity contribution in [3.8, 4) is 6.07 Å². The van der Waals surface area contributed by atoms with Crippen LogP contribution in [0.4, 0.5) is 5.69 Å². The molecule has 0 aromatic heterocycles. The number of benzene rings is 1. The molecule has 0 unspecified atom stereocenters. The summed E-state index contributed by atoms with van der Waals surface area (Å²) in [6, 6.07) is 8.11. The number of fused-ring (bicyclic) bond motifs is 5. The maximum Gasteiger partial charge on any atom is 0.240 e. The van der Waals surface area contributed by atoms with E-state index in [2.05, 4.69) is 0 Å². The Kier molecular flexibility index (Phi) is 3.91. The molecular weight excluding hydrogens is 465 g/mol. The summed E-state index contributed by atoms with van der Waals surface area (Å²) in [6.45, 7) is 0. The van der Waals surface area contributed by atoms with Gasteiger partial charge in [0.25, 0.3) is 0 Å². The number of alkyl halides is 4. The third kappa shape index (κ3) is 1.72. The monoisotopic (exact) mass is 468 g/mol. The molecule has 2 bridgehead atoms. The Morgan fingerprint density at radius 2 is 1.38 bits per heavy atom. The Labute approximate surface area is 178 Å². The van der Waals surface area contributed by atoms with E-state index in [4.69, 9.17) is 69.6 Å². The molecule has 1 saturated carbocycles. The van der Waals surface area contributed by atoms with Gasteiger partial charge < -0.3 is 0 Å². The van der Waals surface area contributed by atoms with Gasteiger partial charge in [0.2, 0.25) is 11.8 Å². The normalized spacial score (nSPS) is 37.3. The predicted molar refractivity (Wildman–Crippen MR) is 101 cm³/mol. The number of anilines is 1. The number of nitrogens with zero attached hydrogens (tertiary/aromatic N) is 2. The van der Waals surface area contributed by atoms with Crippen LogP contribution in [0.25, 0.3) is 0 Å². The molecule has 4 nitrogen and oxygen atoms in total. The second-order valence-corrected chi connectivity index (χ2v) is 9.50. The molecule has 2 aliphatic carbocycles. The van der Waals surface area contributed by atoms with Crippen molar-refractivity contribution in [3.05, 3.63) is 39.9 Å². The van der Waals surface area contributed by atoms with Gasteiger partial charge in [-0.15, -0.1) is 23.2 Å². The van der Waals surface area contributed by atoms with Crippen LogP contribution in [0.3, 0.4) is 0 Å². The third-order valence-corrected chi connectivity index (χ3v) is 9.43. The fourth-order valence-electron chi connectivity index (χ4n) is 4.00. The van der Waals surface area contributed by atoms with E-state index in [-0.39, 0.29) is 21.3 Å². The lowest BCUT2D eigenvalue weighted by Gasteiger charge is -2.34. The number of halogens is 6. The van der Waals surface area contributed by atoms with Crippen LogP contribution in [0.1, 0.15) is 5.56 Å². The average Bonchev–Trinajstić information content (AvgIpc) is 2.99. The first-order valence-electron chi connectivity index (χ1n) is 7.25. The minimum Gasteiger partial charge on any atom is -0.274 e. The molecule has 0 spiro atoms. The lowest BCUT2D eigenvalue weighted by molar-refractivity contribution is -0.123. The molecule has 4 atom stereocenters. The van der Waals surface area contributed by atoms with E-state index >= 15 is 0 Å². The summed E-state index contributed by atoms with van der Waals surface area (Å²) in [5.74, 6) is -3.81. The SMILES string of the molecule is N#Cc1ccccc1N1C(=O)[C@@H]2[C@@H](C1=O)[C@@]1(Cl)C(Cl)=C(Cl)[C@@]2(Cl)C1(Cl)Cl. The first kappa shape index (κ1) is 18.7. The van der Waals surface area contributed by atoms with E-state index in [0.717, 1.165) is 4.90 Å². The zero-order valence-electron chi connectivity index (χ0n) is 12.4. The number of para-hydroxylation sites is 1. The summed E-state index contributed by atoms with van der Waals surface area (Å²) in [5.41, 5.74) is 0.267. The molecule has 26 heavy (non-hydrogen) atoms. The Bertz CT molecular complexity index is 924. The van der Waals surface area contributed by atoms with E-state index in [9.17, 15) is 14.9 Å². The third-order valence-electron chi connectivity index (χ3n) is 5.17. The highest BCUT2D eigenvalue weighted by atomic mass is 35.5. The van der Waals surface area contributed by atoms with Gasteiger partial charge in [0.1, 0.15) is 15.8 Å². The fraction of sp³-hybridized carbons (Fsp3) is 0.312. The highest BCUT2D eigenvalue weighted by Gasteiger charge is 2.87. The van der Waals surface area contributed by atoms with Crippen molar-refractivity contribution in [3.63, 3.8) is 0 Å². The maximum atomic E-state index is 13.2. The van der Waals surface area contributed by atoms with E-state index < -0.39 is 37.7 Å². The quantitative estimate of drug-likeness (QED) is 0.448. The lowest BCUT2D eigenvalue weighted by Crippen LogP contribution is -2.50. The first-order chi connectivity index (χ1) is 12.1. The maximum absolute atomic E-state index is 13.2. The zero-order valence-corrected chi connectivity index (χ0v) is 17.0. The van der Waals surface area contributed by atoms with Crippen LogP contribution >= 0.6 is 69.6 Å². The highest BCUT2D eigenvalue weighted by molar-refractivity contribution is 6.67. The lowest BCUT2D eigenvalue weighted by atomic mass is 9.84. The van der Waals surface area contributed by atoms with Gasteiger partial charge in [0, 0.05) is 0 Å². The van der Waals surface area contributed by atoms with Gasteiger partial charge in [-0.3, -0.25) is 9.59 Å². The minimum absolute atomic E-state index is 0.126. The standard InChI is InChI=1S/C16H6Cl6N2O2/c17-10-11(18)15(20)9-8(14(10,19)16(15,21)22)12(25)24(13(9)26)7-4-2-1-3-6(7)5-23/h1-4,8-9H/t8-,9-,14+,15+/m0/s1. The van der Waals surface area contributed by atoms with Crippen molar-refractivity contribution >= 4 is 87.1 Å². The molecule has 1 aromatic carbocycles. The molecule has 1 heterocycles. The van der Waals surface area contributed by atoms with Crippen LogP contribution in [-0.4, -0.2) is 25.9 Å². The summed E-state index contributed by atoms with van der Waals surface area (Å²) in [4.78, 5) is 23.5. The van der Waals surface area contributed by atoms with E-state index in [0.29, 0.717) is 0 Å². The number of imide groups is 1. The zero-order chi connectivity index (χ0) is 19.2. The number of carbonyl (C=O) groups excluding carboxylic acids is 2. The second-order valence-electron chi connectivity index (χ2n) is 6.22. The number of nitriles is 1. The number of rotatable bonds is 1. The van der Waals surface area contributed by atoms with Gasteiger partial charge in [-0.2, -0.15) is 5.26 Å². The van der Waals surface area contributed by atoms with Gasteiger partial charge in [-0.25, -0.2) is 4.90 Å². The average molecular weight is 471 g/mol. The van der Waals surface area contributed by atoms with Crippen LogP contribution in [0.5, 0.6) is 0 Å². The van der Waals surface area contributed by atoms with Gasteiger partial charge >= 0.3 is 0 Å². The number of carbonyl (C=O) groups is 2. The second kappa shape index (κ2) is 5.44. The van der Waals surface area contributed by atoms with Crippen molar-refractivity contribution in [2.75, 3.05) is 4.90 Å². The smallest absolute Gasteiger partial charge is 0.240 e. The summed E-state index contributed by atoms with van der Waals surface area (Å²) >= 11 is 38.5. The van der Waals surface area contributed by atoms with Crippen molar-refractivity contribution in [1.29, 1.82) is 5.26 Å². The van der Waals surface area contributed by atoms with Crippen molar-refractivity contribution < 1.29 is 9.59 Å². The van der Waals surface area contributed by atoms with Gasteiger partial charge in [-0.05, 0) is 12.1 Å². The molecule has 134 valence electrons. The summed E-state index contributed by atoms with van der Waals surface area (Å²) in [6.07, 6.45) is 0. The number of hydrogen-bond acceptors (Lipinski definition) is 3. The van der Waals surface area contributed by atoms with Crippen molar-refractivity contribution in [2.45, 2.75) is 14.1 Å². The van der Waals surface area contributed by atoms with Gasteiger partial charge in [0.05, 0.1) is 33.2 Å². The molecular formula is C16H6Cl6N2O2. The van der Waals surface area contributed by atoms with Crippen LogP contribution in [-0.2, 0) is 9.59 Å². The van der Waals surface area contributed by atoms with Crippen LogP contribution in [0.2, 0.25) is 0 Å². The van der Waals surface area contributed by atoms with E-state index in [1.807, 2.05) is 6.07 Å². The van der Waals surface area contributed by atoms with Gasteiger partial charge in [-0.1, -0.05) is 58.5 Å². The molecule has 4 rings (SSSR count). The van der Waals surface area contributed by atoms with Crippen LogP contribution < -0.4 is 4.90 Å². The molecule has 1 aliphatic heterocycles. The number of amides is 2. The van der Waals surface area contributed by atoms with Crippen LogP contribution in [0.15, 0.2) is 34.3 Å². The topological polar surface area (TPSA) is 61.2 Å². The Balaban J connectivity index is 1.94. The summed E-state index contributed by atoms with van der Waals surface area (Å²) in [5, 5.41) is 8.99. The molecule has 2 fully saturated rings. The van der Waals surface area contributed by atoms with E-state index in [1.54, 1.807) is 12.1 Å². The number of allylic oxidation sites excluding steroid dienone is 2. The van der Waals surface area contributed by atoms with E-state index in [1.165, 1.54) is 12.1 Å². The summed E-state index contributed by atoms with van der Waals surface area (Å²) in [7, 11) is 0. The first-order valence-corrected chi connectivity index (χ1v) is 9.52. The fourth-order valence-corrected chi connectivity index (χ4v) is 6.92. The highest BCUT2D eigenvalue weighted by Crippen LogP contribution is 2.77. The molecule has 1 aromatic rings. The number of hydrogen-bond donors (Lipinski definition) is 0. The summed E-state index contributed by atoms with van der Waals surface area (Å²) < 4.78 is -1.97.